The van der Waals surface area contributed by atoms with Crippen LogP contribution in [0.4, 0.5) is 5.69 Å². The zero-order chi connectivity index (χ0) is 16.8. The molecule has 0 aromatic heterocycles. The highest BCUT2D eigenvalue weighted by Crippen LogP contribution is 2.17. The molecule has 122 valence electrons. The summed E-state index contributed by atoms with van der Waals surface area (Å²) in [7, 11) is 0. The van der Waals surface area contributed by atoms with E-state index >= 15 is 0 Å². The largest absolute Gasteiger partial charge is 0.322 e. The third-order valence-corrected chi connectivity index (χ3v) is 4.33. The van der Waals surface area contributed by atoms with Crippen LogP contribution in [-0.2, 0) is 6.54 Å². The SMILES string of the molecule is CCN(CC)Cc1cccc(NC(=O)c2cccc(C)c2C)c1. The van der Waals surface area contributed by atoms with E-state index in [9.17, 15) is 4.79 Å². The highest BCUT2D eigenvalue weighted by atomic mass is 16.1. The predicted octanol–water partition coefficient (Wildman–Crippen LogP) is 4.40. The Morgan fingerprint density at radius 3 is 2.43 bits per heavy atom. The Bertz CT molecular complexity index is 675. The average Bonchev–Trinajstić information content (AvgIpc) is 2.55. The van der Waals surface area contributed by atoms with Gasteiger partial charge in [0.05, 0.1) is 0 Å². The van der Waals surface area contributed by atoms with Crippen molar-refractivity contribution >= 4 is 11.6 Å². The molecule has 2 rings (SSSR count). The first-order valence-electron chi connectivity index (χ1n) is 8.24. The zero-order valence-electron chi connectivity index (χ0n) is 14.5. The summed E-state index contributed by atoms with van der Waals surface area (Å²) in [4.78, 5) is 14.9. The Hall–Kier alpha value is -2.13. The van der Waals surface area contributed by atoms with Crippen LogP contribution < -0.4 is 5.32 Å². The molecule has 0 aliphatic rings. The Balaban J connectivity index is 2.14. The van der Waals surface area contributed by atoms with E-state index in [-0.39, 0.29) is 5.91 Å². The smallest absolute Gasteiger partial charge is 0.255 e. The second-order valence-corrected chi connectivity index (χ2v) is 5.86. The van der Waals surface area contributed by atoms with E-state index < -0.39 is 0 Å². The molecule has 1 amide bonds. The molecule has 3 nitrogen and oxygen atoms in total. The second kappa shape index (κ2) is 7.93. The molecule has 0 saturated heterocycles. The third kappa shape index (κ3) is 4.42. The van der Waals surface area contributed by atoms with Gasteiger partial charge >= 0.3 is 0 Å². The van der Waals surface area contributed by atoms with Gasteiger partial charge in [-0.1, -0.05) is 38.1 Å². The maximum Gasteiger partial charge on any atom is 0.255 e. The van der Waals surface area contributed by atoms with Crippen molar-refractivity contribution in [1.29, 1.82) is 0 Å². The highest BCUT2D eigenvalue weighted by molar-refractivity contribution is 6.05. The van der Waals surface area contributed by atoms with Crippen molar-refractivity contribution in [2.24, 2.45) is 0 Å². The van der Waals surface area contributed by atoms with Crippen LogP contribution in [0.5, 0.6) is 0 Å². The van der Waals surface area contributed by atoms with Crippen LogP contribution in [0.2, 0.25) is 0 Å². The lowest BCUT2D eigenvalue weighted by Crippen LogP contribution is -2.22. The molecule has 0 atom stereocenters. The molecule has 3 heteroatoms. The summed E-state index contributed by atoms with van der Waals surface area (Å²) in [6.07, 6.45) is 0. The summed E-state index contributed by atoms with van der Waals surface area (Å²) >= 11 is 0. The maximum absolute atomic E-state index is 12.5. The van der Waals surface area contributed by atoms with E-state index in [1.807, 2.05) is 44.2 Å². The number of anilines is 1. The number of rotatable bonds is 6. The van der Waals surface area contributed by atoms with Crippen LogP contribution >= 0.6 is 0 Å². The molecule has 23 heavy (non-hydrogen) atoms. The Morgan fingerprint density at radius 2 is 1.74 bits per heavy atom. The second-order valence-electron chi connectivity index (χ2n) is 5.86. The minimum absolute atomic E-state index is 0.0498. The Morgan fingerprint density at radius 1 is 1.04 bits per heavy atom. The van der Waals surface area contributed by atoms with Gasteiger partial charge in [0.25, 0.3) is 5.91 Å². The van der Waals surface area contributed by atoms with Crippen molar-refractivity contribution in [3.8, 4) is 0 Å². The van der Waals surface area contributed by atoms with Crippen molar-refractivity contribution < 1.29 is 4.79 Å². The summed E-state index contributed by atoms with van der Waals surface area (Å²) in [6, 6.07) is 13.9. The van der Waals surface area contributed by atoms with Gasteiger partial charge in [0.1, 0.15) is 0 Å². The van der Waals surface area contributed by atoms with Gasteiger partial charge < -0.3 is 5.32 Å². The minimum atomic E-state index is -0.0498. The van der Waals surface area contributed by atoms with Gasteiger partial charge in [-0.2, -0.15) is 0 Å². The monoisotopic (exact) mass is 310 g/mol. The highest BCUT2D eigenvalue weighted by Gasteiger charge is 2.11. The molecule has 0 unspecified atom stereocenters. The normalized spacial score (nSPS) is 10.8. The summed E-state index contributed by atoms with van der Waals surface area (Å²) in [5.74, 6) is -0.0498. The summed E-state index contributed by atoms with van der Waals surface area (Å²) in [5, 5.41) is 3.02. The van der Waals surface area contributed by atoms with Crippen LogP contribution in [0.25, 0.3) is 0 Å². The number of hydrogen-bond donors (Lipinski definition) is 1. The first kappa shape index (κ1) is 17.2. The average molecular weight is 310 g/mol. The van der Waals surface area contributed by atoms with Crippen molar-refractivity contribution in [1.82, 2.24) is 4.90 Å². The van der Waals surface area contributed by atoms with Gasteiger partial charge in [0.2, 0.25) is 0 Å². The fourth-order valence-electron chi connectivity index (χ4n) is 2.65. The van der Waals surface area contributed by atoms with Gasteiger partial charge in [-0.05, 0) is 61.8 Å². The van der Waals surface area contributed by atoms with Crippen LogP contribution in [0, 0.1) is 13.8 Å². The number of aryl methyl sites for hydroxylation is 1. The van der Waals surface area contributed by atoms with Crippen molar-refractivity contribution in [2.75, 3.05) is 18.4 Å². The van der Waals surface area contributed by atoms with Crippen LogP contribution in [-0.4, -0.2) is 23.9 Å². The standard InChI is InChI=1S/C20H26N2O/c1-5-22(6-2)14-17-10-8-11-18(13-17)21-20(23)19-12-7-9-15(3)16(19)4/h7-13H,5-6,14H2,1-4H3,(H,21,23). The van der Waals surface area contributed by atoms with Crippen molar-refractivity contribution in [2.45, 2.75) is 34.2 Å². The molecule has 2 aromatic carbocycles. The van der Waals surface area contributed by atoms with E-state index in [1.54, 1.807) is 0 Å². The summed E-state index contributed by atoms with van der Waals surface area (Å²) < 4.78 is 0. The van der Waals surface area contributed by atoms with Gasteiger partial charge in [0.15, 0.2) is 0 Å². The van der Waals surface area contributed by atoms with Crippen LogP contribution in [0.3, 0.4) is 0 Å². The number of nitrogens with one attached hydrogen (secondary N) is 1. The molecule has 0 bridgehead atoms. The first-order valence-corrected chi connectivity index (χ1v) is 8.24. The van der Waals surface area contributed by atoms with E-state index in [4.69, 9.17) is 0 Å². The van der Waals surface area contributed by atoms with Crippen molar-refractivity contribution in [3.05, 3.63) is 64.7 Å². The number of hydrogen-bond acceptors (Lipinski definition) is 2. The number of amides is 1. The van der Waals surface area contributed by atoms with Gasteiger partial charge in [-0.25, -0.2) is 0 Å². The lowest BCUT2D eigenvalue weighted by Gasteiger charge is -2.18. The lowest BCUT2D eigenvalue weighted by molar-refractivity contribution is 0.102. The molecule has 0 aliphatic heterocycles. The molecule has 0 spiro atoms. The fraction of sp³-hybridized carbons (Fsp3) is 0.350. The van der Waals surface area contributed by atoms with Gasteiger partial charge in [-0.3, -0.25) is 9.69 Å². The molecule has 2 aromatic rings. The third-order valence-electron chi connectivity index (χ3n) is 4.33. The van der Waals surface area contributed by atoms with E-state index in [1.165, 1.54) is 5.56 Å². The topological polar surface area (TPSA) is 32.3 Å². The molecule has 0 fully saturated rings. The van der Waals surface area contributed by atoms with Gasteiger partial charge in [-0.15, -0.1) is 0 Å². The van der Waals surface area contributed by atoms with Crippen LogP contribution in [0.15, 0.2) is 42.5 Å². The van der Waals surface area contributed by atoms with Crippen LogP contribution in [0.1, 0.15) is 40.9 Å². The van der Waals surface area contributed by atoms with E-state index in [0.717, 1.165) is 42.0 Å². The molecule has 0 heterocycles. The van der Waals surface area contributed by atoms with Gasteiger partial charge in [0, 0.05) is 17.8 Å². The summed E-state index contributed by atoms with van der Waals surface area (Å²) in [5.41, 5.74) is 4.96. The first-order chi connectivity index (χ1) is 11.0. The summed E-state index contributed by atoms with van der Waals surface area (Å²) in [6.45, 7) is 11.3. The molecular formula is C20H26N2O. The lowest BCUT2D eigenvalue weighted by atomic mass is 10.0. The van der Waals surface area contributed by atoms with E-state index in [2.05, 4.69) is 36.2 Å². The van der Waals surface area contributed by atoms with E-state index in [0.29, 0.717) is 0 Å². The molecule has 1 N–H and O–H groups in total. The minimum Gasteiger partial charge on any atom is -0.322 e. The fourth-order valence-corrected chi connectivity index (χ4v) is 2.65. The number of nitrogens with zero attached hydrogens (tertiary/aromatic N) is 1. The number of carbonyl (C=O) groups excluding carboxylic acids is 1. The Labute approximate surface area is 139 Å². The number of carbonyl (C=O) groups is 1. The molecular weight excluding hydrogens is 284 g/mol. The maximum atomic E-state index is 12.5. The quantitative estimate of drug-likeness (QED) is 0.858. The predicted molar refractivity (Wildman–Crippen MR) is 96.9 cm³/mol. The number of benzene rings is 2. The Kier molecular flexibility index (Phi) is 5.94. The molecule has 0 aliphatic carbocycles. The van der Waals surface area contributed by atoms with Crippen molar-refractivity contribution in [3.63, 3.8) is 0 Å². The molecule has 0 radical (unpaired) electrons. The zero-order valence-corrected chi connectivity index (χ0v) is 14.5. The molecule has 0 saturated carbocycles.